The number of hydrogen-bond acceptors (Lipinski definition) is 10. The highest BCUT2D eigenvalue weighted by atomic mass is 35.5. The highest BCUT2D eigenvalue weighted by Gasteiger charge is 2.23. The molecule has 36 heavy (non-hydrogen) atoms. The number of allylic oxidation sites excluding steroid dienone is 1. The molecule has 0 saturated carbocycles. The number of carbonyl (C=O) groups excluding carboxylic acids is 1. The summed E-state index contributed by atoms with van der Waals surface area (Å²) in [6, 6.07) is 13.9. The second kappa shape index (κ2) is 12.0. The topological polar surface area (TPSA) is 125 Å². The summed E-state index contributed by atoms with van der Waals surface area (Å²) in [5, 5.41) is 9.09. The minimum Gasteiger partial charge on any atom is -0.450 e. The molecule has 2 N–H and O–H groups in total. The number of nitrogens with two attached hydrogens (primary N) is 1. The molecule has 12 heteroatoms. The number of esters is 1. The van der Waals surface area contributed by atoms with Gasteiger partial charge in [-0.3, -0.25) is 0 Å². The van der Waals surface area contributed by atoms with E-state index in [1.165, 1.54) is 23.9 Å². The maximum absolute atomic E-state index is 12.4. The summed E-state index contributed by atoms with van der Waals surface area (Å²) < 4.78 is 29.1. The number of nitrogens with zero attached hydrogens (tertiary/aromatic N) is 3. The van der Waals surface area contributed by atoms with Crippen LogP contribution in [0.1, 0.15) is 30.3 Å². The molecule has 3 aromatic rings. The van der Waals surface area contributed by atoms with Gasteiger partial charge in [0, 0.05) is 11.8 Å². The van der Waals surface area contributed by atoms with Crippen LogP contribution in [0, 0.1) is 0 Å². The lowest BCUT2D eigenvalue weighted by molar-refractivity contribution is -0.136. The van der Waals surface area contributed by atoms with Crippen LogP contribution >= 0.6 is 34.7 Å². The van der Waals surface area contributed by atoms with Crippen LogP contribution in [0.5, 0.6) is 0 Å². The largest absolute Gasteiger partial charge is 0.450 e. The second-order valence-electron chi connectivity index (χ2n) is 7.95. The average Bonchev–Trinajstić information content (AvgIpc) is 3.34. The molecule has 0 atom stereocenters. The van der Waals surface area contributed by atoms with Crippen molar-refractivity contribution in [2.24, 2.45) is 10.7 Å². The molecule has 0 bridgehead atoms. The first-order valence-corrected chi connectivity index (χ1v) is 15.1. The number of aliphatic imine (C=N–C) groups is 1. The first-order chi connectivity index (χ1) is 17.0. The van der Waals surface area contributed by atoms with Crippen LogP contribution in [-0.4, -0.2) is 48.7 Å². The fourth-order valence-corrected chi connectivity index (χ4v) is 5.08. The summed E-state index contributed by atoms with van der Waals surface area (Å²) in [4.78, 5) is 17.3. The Morgan fingerprint density at radius 2 is 1.92 bits per heavy atom. The SMILES string of the molecule is CSCOC(=O)C(N)=C(Cl)C(=Nc1ccccc1C(C)C)c1nnc(-c2cccc(S(C)(=O)=O)c2)s1. The summed E-state index contributed by atoms with van der Waals surface area (Å²) in [7, 11) is -3.40. The molecule has 0 spiro atoms. The summed E-state index contributed by atoms with van der Waals surface area (Å²) in [5.41, 5.74) is 8.08. The normalized spacial score (nSPS) is 13.0. The van der Waals surface area contributed by atoms with E-state index in [4.69, 9.17) is 27.1 Å². The van der Waals surface area contributed by atoms with E-state index in [2.05, 4.69) is 10.2 Å². The van der Waals surface area contributed by atoms with Crippen molar-refractivity contribution in [2.75, 3.05) is 18.5 Å². The van der Waals surface area contributed by atoms with Gasteiger partial charge in [-0.25, -0.2) is 18.2 Å². The number of ether oxygens (including phenoxy) is 1. The van der Waals surface area contributed by atoms with Gasteiger partial charge in [-0.05, 0) is 35.9 Å². The maximum atomic E-state index is 12.4. The van der Waals surface area contributed by atoms with E-state index < -0.39 is 15.8 Å². The lowest BCUT2D eigenvalue weighted by atomic mass is 10.0. The summed E-state index contributed by atoms with van der Waals surface area (Å²) in [6.07, 6.45) is 2.92. The van der Waals surface area contributed by atoms with Crippen molar-refractivity contribution in [3.8, 4) is 10.6 Å². The smallest absolute Gasteiger partial charge is 0.356 e. The number of thioether (sulfide) groups is 1. The first-order valence-electron chi connectivity index (χ1n) is 10.7. The van der Waals surface area contributed by atoms with Crippen LogP contribution in [0.25, 0.3) is 10.6 Å². The Bertz CT molecular complexity index is 1430. The third-order valence-electron chi connectivity index (χ3n) is 4.90. The zero-order valence-corrected chi connectivity index (χ0v) is 23.3. The molecule has 190 valence electrons. The van der Waals surface area contributed by atoms with Crippen LogP contribution in [0.2, 0.25) is 0 Å². The van der Waals surface area contributed by atoms with Gasteiger partial charge in [-0.1, -0.05) is 67.1 Å². The minimum absolute atomic E-state index is 0.117. The number of carbonyl (C=O) groups is 1. The van der Waals surface area contributed by atoms with E-state index in [1.807, 2.05) is 38.1 Å². The number of halogens is 1. The molecule has 0 radical (unpaired) electrons. The molecule has 1 aromatic heterocycles. The lowest BCUT2D eigenvalue weighted by Gasteiger charge is -2.11. The monoisotopic (exact) mass is 564 g/mol. The molecular weight excluding hydrogens is 540 g/mol. The van der Waals surface area contributed by atoms with E-state index in [9.17, 15) is 13.2 Å². The number of aromatic nitrogens is 2. The summed E-state index contributed by atoms with van der Waals surface area (Å²) >= 11 is 9.07. The van der Waals surface area contributed by atoms with Gasteiger partial charge in [0.25, 0.3) is 0 Å². The molecule has 0 saturated heterocycles. The van der Waals surface area contributed by atoms with Crippen molar-refractivity contribution in [3.05, 3.63) is 69.8 Å². The second-order valence-corrected chi connectivity index (χ2v) is 12.1. The molecule has 0 amide bonds. The number of rotatable bonds is 9. The van der Waals surface area contributed by atoms with Crippen LogP contribution < -0.4 is 5.73 Å². The van der Waals surface area contributed by atoms with Gasteiger partial charge >= 0.3 is 5.97 Å². The molecule has 0 aliphatic carbocycles. The molecule has 0 aliphatic rings. The molecule has 0 unspecified atom stereocenters. The van der Waals surface area contributed by atoms with Gasteiger partial charge in [0.15, 0.2) is 14.8 Å². The van der Waals surface area contributed by atoms with Crippen molar-refractivity contribution in [1.29, 1.82) is 0 Å². The number of hydrogen-bond donors (Lipinski definition) is 1. The van der Waals surface area contributed by atoms with Crippen LogP contribution in [-0.2, 0) is 19.4 Å². The van der Waals surface area contributed by atoms with Crippen molar-refractivity contribution >= 4 is 61.9 Å². The lowest BCUT2D eigenvalue weighted by Crippen LogP contribution is -2.19. The van der Waals surface area contributed by atoms with Crippen LogP contribution in [0.15, 0.2) is 69.1 Å². The summed E-state index contributed by atoms with van der Waals surface area (Å²) in [5.74, 6) is -0.488. The van der Waals surface area contributed by atoms with Crippen LogP contribution in [0.4, 0.5) is 5.69 Å². The predicted octanol–water partition coefficient (Wildman–Crippen LogP) is 5.13. The van der Waals surface area contributed by atoms with Gasteiger partial charge in [0.2, 0.25) is 0 Å². The van der Waals surface area contributed by atoms with Gasteiger partial charge in [-0.15, -0.1) is 22.0 Å². The Labute approximate surface area is 223 Å². The molecule has 3 rings (SSSR count). The Hall–Kier alpha value is -2.73. The maximum Gasteiger partial charge on any atom is 0.356 e. The third-order valence-corrected chi connectivity index (χ3v) is 7.73. The van der Waals surface area contributed by atoms with Crippen molar-refractivity contribution in [3.63, 3.8) is 0 Å². The van der Waals surface area contributed by atoms with E-state index in [0.29, 0.717) is 21.3 Å². The fourth-order valence-electron chi connectivity index (χ4n) is 3.09. The number of benzene rings is 2. The molecule has 0 aliphatic heterocycles. The fraction of sp³-hybridized carbons (Fsp3) is 0.250. The average molecular weight is 565 g/mol. The minimum atomic E-state index is -3.40. The van der Waals surface area contributed by atoms with Gasteiger partial charge < -0.3 is 10.5 Å². The van der Waals surface area contributed by atoms with Gasteiger partial charge in [0.1, 0.15) is 22.4 Å². The Morgan fingerprint density at radius 3 is 2.58 bits per heavy atom. The molecule has 2 aromatic carbocycles. The predicted molar refractivity (Wildman–Crippen MR) is 147 cm³/mol. The van der Waals surface area contributed by atoms with Gasteiger partial charge in [-0.2, -0.15) is 0 Å². The van der Waals surface area contributed by atoms with Gasteiger partial charge in [0.05, 0.1) is 15.6 Å². The summed E-state index contributed by atoms with van der Waals surface area (Å²) in [6.45, 7) is 4.08. The first kappa shape index (κ1) is 27.9. The van der Waals surface area contributed by atoms with Crippen LogP contribution in [0.3, 0.4) is 0 Å². The Balaban J connectivity index is 2.16. The van der Waals surface area contributed by atoms with Crippen molar-refractivity contribution in [2.45, 2.75) is 24.7 Å². The van der Waals surface area contributed by atoms with Crippen molar-refractivity contribution in [1.82, 2.24) is 10.2 Å². The zero-order chi connectivity index (χ0) is 26.5. The molecular formula is C24H25ClN4O4S3. The number of para-hydroxylation sites is 1. The van der Waals surface area contributed by atoms with E-state index >= 15 is 0 Å². The highest BCUT2D eigenvalue weighted by molar-refractivity contribution is 7.98. The molecule has 8 nitrogen and oxygen atoms in total. The van der Waals surface area contributed by atoms with E-state index in [1.54, 1.807) is 18.4 Å². The molecule has 1 heterocycles. The Kier molecular flexibility index (Phi) is 9.29. The highest BCUT2D eigenvalue weighted by Crippen LogP contribution is 2.32. The Morgan fingerprint density at radius 1 is 1.19 bits per heavy atom. The van der Waals surface area contributed by atoms with E-state index in [0.717, 1.165) is 23.2 Å². The zero-order valence-electron chi connectivity index (χ0n) is 20.1. The quantitative estimate of drug-likeness (QED) is 0.164. The van der Waals surface area contributed by atoms with Crippen molar-refractivity contribution < 1.29 is 17.9 Å². The molecule has 0 fully saturated rings. The van der Waals surface area contributed by atoms with E-state index in [-0.39, 0.29) is 33.2 Å². The number of sulfone groups is 1. The standard InChI is InChI=1S/C24H25ClN4O4S3/c1-14(2)17-10-5-6-11-18(17)27-21(19(25)20(26)24(30)33-13-34-3)23-29-28-22(35-23)15-8-7-9-16(12-15)36(4,31)32/h5-12,14H,13,26H2,1-4H3. The third kappa shape index (κ3) is 6.73.